The number of carboxylic acid groups (broad SMARTS) is 1. The summed E-state index contributed by atoms with van der Waals surface area (Å²) >= 11 is 12.9. The molecule has 0 radical (unpaired) electrons. The lowest BCUT2D eigenvalue weighted by Crippen LogP contribution is -2.38. The number of aliphatic carboxylic acids is 1. The zero-order chi connectivity index (χ0) is 29.5. The molecular formula is C33H32Cl2N2O4. The number of carbonyl (C=O) groups is 3. The summed E-state index contributed by atoms with van der Waals surface area (Å²) < 4.78 is 0. The maximum absolute atomic E-state index is 14.1. The van der Waals surface area contributed by atoms with Crippen molar-refractivity contribution in [1.29, 1.82) is 0 Å². The van der Waals surface area contributed by atoms with Gasteiger partial charge < -0.3 is 10.4 Å². The summed E-state index contributed by atoms with van der Waals surface area (Å²) in [4.78, 5) is 40.8. The average Bonchev–Trinajstić information content (AvgIpc) is 3.06. The molecule has 0 aromatic heterocycles. The van der Waals surface area contributed by atoms with Gasteiger partial charge in [0.2, 0.25) is 5.91 Å². The SMILES string of the molecule is CC(C)(C)c1ccc([C@H]2CC(=O)C3=C(C2)Nc2ccccc2N(C(=O)CCC(=O)O)[C@@H]3c2ccc(Cl)cc2Cl)cc1. The first-order valence-corrected chi connectivity index (χ1v) is 14.4. The number of ketones is 1. The molecule has 8 heteroatoms. The van der Waals surface area contributed by atoms with Crippen molar-refractivity contribution >= 4 is 52.2 Å². The predicted molar refractivity (Wildman–Crippen MR) is 163 cm³/mol. The lowest BCUT2D eigenvalue weighted by molar-refractivity contribution is -0.138. The number of carboxylic acids is 1. The Labute approximate surface area is 250 Å². The first-order chi connectivity index (χ1) is 19.4. The number of carbonyl (C=O) groups excluding carboxylic acids is 2. The zero-order valence-electron chi connectivity index (χ0n) is 23.2. The Morgan fingerprint density at radius 1 is 0.976 bits per heavy atom. The van der Waals surface area contributed by atoms with Crippen LogP contribution in [0.25, 0.3) is 0 Å². The summed E-state index contributed by atoms with van der Waals surface area (Å²) in [5, 5.41) is 13.5. The minimum Gasteiger partial charge on any atom is -0.481 e. The number of fused-ring (bicyclic) bond motifs is 1. The Morgan fingerprint density at radius 3 is 2.34 bits per heavy atom. The number of hydrogen-bond acceptors (Lipinski definition) is 4. The van der Waals surface area contributed by atoms with Gasteiger partial charge in [0.15, 0.2) is 5.78 Å². The minimum atomic E-state index is -1.07. The van der Waals surface area contributed by atoms with Crippen LogP contribution in [0.2, 0.25) is 10.0 Å². The van der Waals surface area contributed by atoms with Crippen LogP contribution in [0.3, 0.4) is 0 Å². The van der Waals surface area contributed by atoms with Gasteiger partial charge >= 0.3 is 5.97 Å². The fourth-order valence-electron chi connectivity index (χ4n) is 5.71. The van der Waals surface area contributed by atoms with Crippen molar-refractivity contribution in [3.05, 3.63) is 105 Å². The van der Waals surface area contributed by atoms with E-state index in [0.29, 0.717) is 39.0 Å². The second-order valence-electron chi connectivity index (χ2n) is 11.7. The highest BCUT2D eigenvalue weighted by atomic mass is 35.5. The van der Waals surface area contributed by atoms with Gasteiger partial charge in [-0.15, -0.1) is 0 Å². The Hall–Kier alpha value is -3.61. The van der Waals surface area contributed by atoms with Crippen molar-refractivity contribution in [3.63, 3.8) is 0 Å². The topological polar surface area (TPSA) is 86.7 Å². The molecule has 2 N–H and O–H groups in total. The van der Waals surface area contributed by atoms with Crippen LogP contribution >= 0.6 is 23.2 Å². The van der Waals surface area contributed by atoms with Crippen LogP contribution in [-0.2, 0) is 19.8 Å². The largest absolute Gasteiger partial charge is 0.481 e. The lowest BCUT2D eigenvalue weighted by atomic mass is 9.77. The third-order valence-corrected chi connectivity index (χ3v) is 8.38. The van der Waals surface area contributed by atoms with Gasteiger partial charge in [0.1, 0.15) is 0 Å². The van der Waals surface area contributed by atoms with Crippen molar-refractivity contribution < 1.29 is 19.5 Å². The number of anilines is 2. The number of rotatable bonds is 5. The van der Waals surface area contributed by atoms with Crippen LogP contribution in [-0.4, -0.2) is 22.8 Å². The van der Waals surface area contributed by atoms with Crippen molar-refractivity contribution in [3.8, 4) is 0 Å². The highest BCUT2D eigenvalue weighted by Crippen LogP contribution is 2.49. The van der Waals surface area contributed by atoms with Gasteiger partial charge in [0.25, 0.3) is 0 Å². The molecule has 0 spiro atoms. The molecule has 6 nitrogen and oxygen atoms in total. The van der Waals surface area contributed by atoms with Crippen LogP contribution in [0, 0.1) is 0 Å². The van der Waals surface area contributed by atoms with E-state index in [2.05, 4.69) is 50.4 Å². The number of benzene rings is 3. The summed E-state index contributed by atoms with van der Waals surface area (Å²) in [7, 11) is 0. The van der Waals surface area contributed by atoms with E-state index in [1.165, 1.54) is 10.5 Å². The number of halogens is 2. The van der Waals surface area contributed by atoms with E-state index in [-0.39, 0.29) is 36.4 Å². The van der Waals surface area contributed by atoms with E-state index < -0.39 is 17.9 Å². The summed E-state index contributed by atoms with van der Waals surface area (Å²) in [5.74, 6) is -1.64. The molecule has 212 valence electrons. The number of hydrogen-bond donors (Lipinski definition) is 2. The Balaban J connectivity index is 1.66. The van der Waals surface area contributed by atoms with Gasteiger partial charge in [0.05, 0.1) is 23.8 Å². The molecule has 3 aromatic rings. The van der Waals surface area contributed by atoms with Crippen molar-refractivity contribution in [2.75, 3.05) is 10.2 Å². The molecule has 0 fully saturated rings. The standard InChI is InChI=1S/C33H32Cl2N2O4/c1-33(2,3)21-10-8-19(9-11-21)20-16-26-31(28(38)17-20)32(23-13-12-22(34)18-24(23)35)37(29(39)14-15-30(40)41)27-7-5-4-6-25(27)36-26/h4-13,18,20,32,36H,14-17H2,1-3H3,(H,40,41)/t20-,32-/m1/s1. The first kappa shape index (κ1) is 28.9. The van der Waals surface area contributed by atoms with Crippen LogP contribution in [0.5, 0.6) is 0 Å². The first-order valence-electron chi connectivity index (χ1n) is 13.7. The molecule has 5 rings (SSSR count). The second-order valence-corrected chi connectivity index (χ2v) is 12.5. The number of allylic oxidation sites excluding steroid dienone is 1. The second kappa shape index (κ2) is 11.3. The number of nitrogens with zero attached hydrogens (tertiary/aromatic N) is 1. The Kier molecular flexibility index (Phi) is 8.00. The van der Waals surface area contributed by atoms with E-state index in [9.17, 15) is 19.5 Å². The summed E-state index contributed by atoms with van der Waals surface area (Å²) in [6, 6.07) is 19.9. The number of para-hydroxylation sites is 2. The third-order valence-electron chi connectivity index (χ3n) is 7.82. The summed E-state index contributed by atoms with van der Waals surface area (Å²) in [5.41, 5.74) is 5.25. The van der Waals surface area contributed by atoms with Crippen molar-refractivity contribution in [1.82, 2.24) is 0 Å². The van der Waals surface area contributed by atoms with E-state index >= 15 is 0 Å². The molecule has 1 aliphatic carbocycles. The van der Waals surface area contributed by atoms with E-state index in [1.54, 1.807) is 24.3 Å². The maximum atomic E-state index is 14.1. The molecule has 1 aliphatic heterocycles. The molecule has 0 saturated carbocycles. The lowest BCUT2D eigenvalue weighted by Gasteiger charge is -2.35. The molecular weight excluding hydrogens is 559 g/mol. The molecule has 1 amide bonds. The van der Waals surface area contributed by atoms with Crippen LogP contribution in [0.1, 0.15) is 75.1 Å². The molecule has 2 atom stereocenters. The van der Waals surface area contributed by atoms with Crippen LogP contribution in [0.4, 0.5) is 11.4 Å². The molecule has 41 heavy (non-hydrogen) atoms. The highest BCUT2D eigenvalue weighted by molar-refractivity contribution is 6.35. The monoisotopic (exact) mass is 590 g/mol. The van der Waals surface area contributed by atoms with Gasteiger partial charge in [-0.05, 0) is 58.7 Å². The van der Waals surface area contributed by atoms with Crippen molar-refractivity contribution in [2.45, 2.75) is 63.8 Å². The predicted octanol–water partition coefficient (Wildman–Crippen LogP) is 8.06. The quantitative estimate of drug-likeness (QED) is 0.314. The molecule has 3 aromatic carbocycles. The number of amides is 1. The normalized spacial score (nSPS) is 18.8. The molecule has 0 unspecified atom stereocenters. The number of Topliss-reactive ketones (excluding diaryl/α,β-unsaturated/α-hetero) is 1. The summed E-state index contributed by atoms with van der Waals surface area (Å²) in [6.45, 7) is 6.50. The van der Waals surface area contributed by atoms with Gasteiger partial charge in [-0.2, -0.15) is 0 Å². The Bertz CT molecular complexity index is 1560. The van der Waals surface area contributed by atoms with Crippen LogP contribution in [0.15, 0.2) is 78.0 Å². The van der Waals surface area contributed by atoms with Gasteiger partial charge in [-0.3, -0.25) is 19.3 Å². The fraction of sp³-hybridized carbons (Fsp3) is 0.303. The zero-order valence-corrected chi connectivity index (χ0v) is 24.7. The number of nitrogens with one attached hydrogen (secondary N) is 1. The highest BCUT2D eigenvalue weighted by Gasteiger charge is 2.42. The molecule has 2 aliphatic rings. The van der Waals surface area contributed by atoms with E-state index in [1.807, 2.05) is 18.2 Å². The molecule has 0 bridgehead atoms. The van der Waals surface area contributed by atoms with Gasteiger partial charge in [0, 0.05) is 34.2 Å². The third kappa shape index (κ3) is 5.90. The van der Waals surface area contributed by atoms with Crippen molar-refractivity contribution in [2.24, 2.45) is 0 Å². The fourth-order valence-corrected chi connectivity index (χ4v) is 6.22. The van der Waals surface area contributed by atoms with E-state index in [0.717, 1.165) is 11.3 Å². The molecule has 1 heterocycles. The Morgan fingerprint density at radius 2 is 1.68 bits per heavy atom. The maximum Gasteiger partial charge on any atom is 0.303 e. The van der Waals surface area contributed by atoms with E-state index in [4.69, 9.17) is 23.2 Å². The van der Waals surface area contributed by atoms with Crippen LogP contribution < -0.4 is 10.2 Å². The molecule has 0 saturated heterocycles. The minimum absolute atomic E-state index is 0.0187. The summed E-state index contributed by atoms with van der Waals surface area (Å²) in [6.07, 6.45) is 0.261. The average molecular weight is 592 g/mol. The van der Waals surface area contributed by atoms with Gasteiger partial charge in [-0.1, -0.05) is 86.4 Å². The smallest absolute Gasteiger partial charge is 0.303 e. The van der Waals surface area contributed by atoms with Gasteiger partial charge in [-0.25, -0.2) is 0 Å².